The average Bonchev–Trinajstić information content (AvgIpc) is 3.51. The molecule has 3 heterocycles. The molecule has 2 aromatic heterocycles. The number of nitrogens with zero attached hydrogens (tertiary/aromatic N) is 5. The van der Waals surface area contributed by atoms with E-state index in [0.29, 0.717) is 6.54 Å². The molecule has 33 heavy (non-hydrogen) atoms. The van der Waals surface area contributed by atoms with Crippen LogP contribution in [0.3, 0.4) is 0 Å². The zero-order valence-electron chi connectivity index (χ0n) is 19.0. The molecule has 4 aromatic rings. The van der Waals surface area contributed by atoms with Crippen molar-refractivity contribution in [2.75, 3.05) is 13.6 Å². The molecule has 1 atom stereocenters. The van der Waals surface area contributed by atoms with Gasteiger partial charge in [0.25, 0.3) is 0 Å². The molecule has 166 valence electrons. The molecule has 2 aromatic carbocycles. The second-order valence-corrected chi connectivity index (χ2v) is 10.2. The lowest BCUT2D eigenvalue weighted by Crippen LogP contribution is -2.40. The van der Waals surface area contributed by atoms with Gasteiger partial charge in [-0.25, -0.2) is 0 Å². The summed E-state index contributed by atoms with van der Waals surface area (Å²) in [6.07, 6.45) is 5.67. The summed E-state index contributed by atoms with van der Waals surface area (Å²) in [5.74, 6) is 1.82. The van der Waals surface area contributed by atoms with E-state index in [2.05, 4.69) is 95.4 Å². The lowest BCUT2D eigenvalue weighted by Gasteiger charge is -2.33. The van der Waals surface area contributed by atoms with Crippen LogP contribution < -0.4 is 0 Å². The number of aliphatic imine (C=N–C) groups is 1. The molecule has 0 saturated heterocycles. The van der Waals surface area contributed by atoms with Crippen LogP contribution >= 0.6 is 11.3 Å². The third-order valence-corrected chi connectivity index (χ3v) is 8.09. The van der Waals surface area contributed by atoms with Crippen LogP contribution in [0.2, 0.25) is 0 Å². The Balaban J connectivity index is 1.52. The average molecular weight is 454 g/mol. The van der Waals surface area contributed by atoms with E-state index >= 15 is 0 Å². The number of hydrogen-bond donors (Lipinski definition) is 0. The Kier molecular flexibility index (Phi) is 5.00. The van der Waals surface area contributed by atoms with Crippen LogP contribution in [-0.4, -0.2) is 39.5 Å². The molecular formula is C27H27N5S. The monoisotopic (exact) mass is 453 g/mol. The predicted octanol–water partition coefficient (Wildman–Crippen LogP) is 4.93. The molecule has 6 heteroatoms. The summed E-state index contributed by atoms with van der Waals surface area (Å²) in [5, 5.41) is 10.6. The van der Waals surface area contributed by atoms with E-state index in [1.165, 1.54) is 39.4 Å². The molecule has 0 fully saturated rings. The lowest BCUT2D eigenvalue weighted by molar-refractivity contribution is 0.259. The van der Waals surface area contributed by atoms with Crippen molar-refractivity contribution < 1.29 is 0 Å². The fourth-order valence-electron chi connectivity index (χ4n) is 5.28. The van der Waals surface area contributed by atoms with E-state index in [0.717, 1.165) is 30.2 Å². The van der Waals surface area contributed by atoms with Gasteiger partial charge in [-0.1, -0.05) is 60.7 Å². The Hall–Kier alpha value is -3.09. The Labute approximate surface area is 198 Å². The van der Waals surface area contributed by atoms with Crippen molar-refractivity contribution in [2.45, 2.75) is 38.3 Å². The SMILES string of the molecule is Cc1nnc2n1-c1sc3c(c1C=NC2(CN(C)Cc1ccccc1)c1ccccc1)CCC3. The van der Waals surface area contributed by atoms with Gasteiger partial charge >= 0.3 is 0 Å². The minimum Gasteiger partial charge on any atom is -0.299 e. The second-order valence-electron chi connectivity index (χ2n) is 9.12. The van der Waals surface area contributed by atoms with Crippen LogP contribution in [0.15, 0.2) is 65.7 Å². The van der Waals surface area contributed by atoms with Crippen molar-refractivity contribution >= 4 is 17.6 Å². The summed E-state index contributed by atoms with van der Waals surface area (Å²) in [4.78, 5) is 9.21. The van der Waals surface area contributed by atoms with Gasteiger partial charge in [0.2, 0.25) is 0 Å². The number of aryl methyl sites for hydroxylation is 2. The maximum absolute atomic E-state index is 5.37. The van der Waals surface area contributed by atoms with E-state index in [-0.39, 0.29) is 0 Å². The van der Waals surface area contributed by atoms with Crippen LogP contribution in [0.5, 0.6) is 0 Å². The van der Waals surface area contributed by atoms with Gasteiger partial charge in [-0.05, 0) is 49.9 Å². The molecular weight excluding hydrogens is 426 g/mol. The van der Waals surface area contributed by atoms with E-state index < -0.39 is 5.54 Å². The van der Waals surface area contributed by atoms with Gasteiger partial charge in [-0.2, -0.15) is 0 Å². The van der Waals surface area contributed by atoms with Crippen molar-refractivity contribution in [2.24, 2.45) is 4.99 Å². The third kappa shape index (κ3) is 3.36. The van der Waals surface area contributed by atoms with Gasteiger partial charge in [0.05, 0.1) is 0 Å². The van der Waals surface area contributed by atoms with E-state index in [1.807, 2.05) is 11.3 Å². The van der Waals surface area contributed by atoms with Crippen molar-refractivity contribution in [1.82, 2.24) is 19.7 Å². The van der Waals surface area contributed by atoms with Crippen molar-refractivity contribution in [3.8, 4) is 5.00 Å². The number of rotatable bonds is 5. The van der Waals surface area contributed by atoms with Crippen molar-refractivity contribution in [3.05, 3.63) is 99.4 Å². The van der Waals surface area contributed by atoms with Gasteiger partial charge in [0.15, 0.2) is 11.4 Å². The first-order valence-electron chi connectivity index (χ1n) is 11.6. The van der Waals surface area contributed by atoms with E-state index in [9.17, 15) is 0 Å². The summed E-state index contributed by atoms with van der Waals surface area (Å²) in [5.41, 5.74) is 4.52. The normalized spacial score (nSPS) is 18.8. The van der Waals surface area contributed by atoms with Crippen LogP contribution in [0.4, 0.5) is 0 Å². The molecule has 6 rings (SSSR count). The van der Waals surface area contributed by atoms with Gasteiger partial charge in [0, 0.05) is 29.7 Å². The molecule has 5 nitrogen and oxygen atoms in total. The molecule has 0 spiro atoms. The first-order valence-corrected chi connectivity index (χ1v) is 12.4. The molecule has 0 bridgehead atoms. The van der Waals surface area contributed by atoms with Crippen LogP contribution in [0, 0.1) is 6.92 Å². The molecule has 1 aliphatic heterocycles. The van der Waals surface area contributed by atoms with Crippen molar-refractivity contribution in [3.63, 3.8) is 0 Å². The highest BCUT2D eigenvalue weighted by atomic mass is 32.1. The Morgan fingerprint density at radius 1 is 1.00 bits per heavy atom. The van der Waals surface area contributed by atoms with Crippen LogP contribution in [0.1, 0.15) is 45.2 Å². The largest absolute Gasteiger partial charge is 0.299 e. The lowest BCUT2D eigenvalue weighted by atomic mass is 9.88. The first kappa shape index (κ1) is 20.5. The summed E-state index contributed by atoms with van der Waals surface area (Å²) in [7, 11) is 2.17. The number of aromatic nitrogens is 3. The number of thiophene rings is 1. The Morgan fingerprint density at radius 3 is 2.55 bits per heavy atom. The molecule has 1 unspecified atom stereocenters. The van der Waals surface area contributed by atoms with Gasteiger partial charge in [-0.15, -0.1) is 21.5 Å². The Bertz CT molecular complexity index is 1320. The standard InChI is InChI=1S/C27H27N5S/c1-19-29-30-26-27(21-12-7-4-8-13-21,18-31(2)17-20-10-5-3-6-11-20)28-16-23-22-14-9-15-24(22)33-25(23)32(19)26/h3-8,10-13,16H,9,14-15,17-18H2,1-2H3. The molecule has 1 aliphatic carbocycles. The van der Waals surface area contributed by atoms with Gasteiger partial charge in [-0.3, -0.25) is 14.5 Å². The topological polar surface area (TPSA) is 46.3 Å². The number of benzene rings is 2. The van der Waals surface area contributed by atoms with Crippen LogP contribution in [-0.2, 0) is 24.9 Å². The highest BCUT2D eigenvalue weighted by Crippen LogP contribution is 2.43. The fraction of sp³-hybridized carbons (Fsp3) is 0.296. The summed E-state index contributed by atoms with van der Waals surface area (Å²) in [6.45, 7) is 3.60. The quantitative estimate of drug-likeness (QED) is 0.430. The number of fused-ring (bicyclic) bond motifs is 5. The molecule has 0 amide bonds. The number of hydrogen-bond acceptors (Lipinski definition) is 5. The minimum atomic E-state index is -0.643. The summed E-state index contributed by atoms with van der Waals surface area (Å²) < 4.78 is 2.27. The summed E-state index contributed by atoms with van der Waals surface area (Å²) in [6, 6.07) is 21.2. The van der Waals surface area contributed by atoms with Crippen LogP contribution in [0.25, 0.3) is 5.00 Å². The zero-order valence-corrected chi connectivity index (χ0v) is 19.8. The predicted molar refractivity (Wildman–Crippen MR) is 134 cm³/mol. The zero-order chi connectivity index (χ0) is 22.4. The van der Waals surface area contributed by atoms with E-state index in [1.54, 1.807) is 0 Å². The fourth-order valence-corrected chi connectivity index (χ4v) is 6.69. The molecule has 0 radical (unpaired) electrons. The molecule has 2 aliphatic rings. The highest BCUT2D eigenvalue weighted by Gasteiger charge is 2.43. The highest BCUT2D eigenvalue weighted by molar-refractivity contribution is 7.15. The molecule has 0 N–H and O–H groups in total. The number of likely N-dealkylation sites (N-methyl/N-ethyl adjacent to an activating group) is 1. The smallest absolute Gasteiger partial charge is 0.172 e. The minimum absolute atomic E-state index is 0.643. The maximum atomic E-state index is 5.37. The van der Waals surface area contributed by atoms with E-state index in [4.69, 9.17) is 10.1 Å². The summed E-state index contributed by atoms with van der Waals surface area (Å²) >= 11 is 1.89. The Morgan fingerprint density at radius 2 is 1.76 bits per heavy atom. The first-order chi connectivity index (χ1) is 16.2. The third-order valence-electron chi connectivity index (χ3n) is 6.80. The van der Waals surface area contributed by atoms with Gasteiger partial charge < -0.3 is 0 Å². The molecule has 0 saturated carbocycles. The maximum Gasteiger partial charge on any atom is 0.172 e. The van der Waals surface area contributed by atoms with Crippen molar-refractivity contribution in [1.29, 1.82) is 0 Å². The second kappa shape index (κ2) is 8.04. The van der Waals surface area contributed by atoms with Gasteiger partial charge in [0.1, 0.15) is 10.8 Å².